The molecule has 1 aliphatic carbocycles. The lowest BCUT2D eigenvalue weighted by atomic mass is 9.79. The van der Waals surface area contributed by atoms with Crippen LogP contribution in [-0.4, -0.2) is 20.6 Å². The van der Waals surface area contributed by atoms with Gasteiger partial charge in [0, 0.05) is 24.1 Å². The van der Waals surface area contributed by atoms with Crippen molar-refractivity contribution in [3.63, 3.8) is 0 Å². The Morgan fingerprint density at radius 3 is 2.57 bits per heavy atom. The quantitative estimate of drug-likeness (QED) is 0.598. The van der Waals surface area contributed by atoms with E-state index in [0.717, 1.165) is 42.6 Å². The third-order valence-electron chi connectivity index (χ3n) is 5.77. The normalized spacial score (nSPS) is 15.9. The number of aliphatic carboxylic acids is 1. The first-order valence-corrected chi connectivity index (χ1v) is 9.93. The van der Waals surface area contributed by atoms with E-state index < -0.39 is 5.97 Å². The van der Waals surface area contributed by atoms with Gasteiger partial charge in [-0.3, -0.25) is 4.79 Å². The molecule has 1 aliphatic rings. The first-order chi connectivity index (χ1) is 13.4. The average molecular weight is 401 g/mol. The van der Waals surface area contributed by atoms with Gasteiger partial charge >= 0.3 is 5.97 Å². The van der Waals surface area contributed by atoms with Gasteiger partial charge in [-0.15, -0.1) is 0 Å². The van der Waals surface area contributed by atoms with Crippen molar-refractivity contribution in [2.45, 2.75) is 45.1 Å². The Balaban J connectivity index is 1.75. The first-order valence-electron chi connectivity index (χ1n) is 9.55. The molecule has 0 radical (unpaired) electrons. The molecule has 1 heterocycles. The second-order valence-corrected chi connectivity index (χ2v) is 8.26. The second kappa shape index (κ2) is 7.55. The van der Waals surface area contributed by atoms with Gasteiger partial charge in [0.05, 0.1) is 17.5 Å². The summed E-state index contributed by atoms with van der Waals surface area (Å²) < 4.78 is 15.8. The number of carboxylic acid groups (broad SMARTS) is 1. The van der Waals surface area contributed by atoms with Crippen molar-refractivity contribution in [2.24, 2.45) is 5.41 Å². The van der Waals surface area contributed by atoms with Crippen molar-refractivity contribution in [1.82, 2.24) is 9.55 Å². The molecule has 0 atom stereocenters. The molecule has 2 aromatic carbocycles. The van der Waals surface area contributed by atoms with Crippen molar-refractivity contribution >= 4 is 28.6 Å². The van der Waals surface area contributed by atoms with Crippen LogP contribution in [0.15, 0.2) is 42.5 Å². The van der Waals surface area contributed by atoms with Crippen LogP contribution < -0.4 is 0 Å². The van der Waals surface area contributed by atoms with Crippen molar-refractivity contribution in [3.05, 3.63) is 64.7 Å². The number of hydrogen-bond donors (Lipinski definition) is 1. The molecule has 1 N–H and O–H groups in total. The molecular weight excluding hydrogens is 379 g/mol. The number of rotatable bonds is 6. The number of fused-ring (bicyclic) bond motifs is 1. The van der Waals surface area contributed by atoms with Gasteiger partial charge in [-0.05, 0) is 48.1 Å². The van der Waals surface area contributed by atoms with Crippen LogP contribution in [0, 0.1) is 11.2 Å². The van der Waals surface area contributed by atoms with E-state index in [9.17, 15) is 14.3 Å². The molecule has 0 saturated heterocycles. The van der Waals surface area contributed by atoms with Crippen molar-refractivity contribution in [2.75, 3.05) is 0 Å². The molecule has 28 heavy (non-hydrogen) atoms. The molecule has 1 fully saturated rings. The Hall–Kier alpha value is -2.40. The van der Waals surface area contributed by atoms with E-state index in [4.69, 9.17) is 16.6 Å². The highest BCUT2D eigenvalue weighted by atomic mass is 35.5. The van der Waals surface area contributed by atoms with Gasteiger partial charge in [-0.1, -0.05) is 36.6 Å². The lowest BCUT2D eigenvalue weighted by Crippen LogP contribution is -2.25. The molecule has 0 amide bonds. The fourth-order valence-electron chi connectivity index (χ4n) is 4.43. The molecule has 1 aromatic heterocycles. The minimum Gasteiger partial charge on any atom is -0.481 e. The zero-order valence-corrected chi connectivity index (χ0v) is 16.3. The lowest BCUT2D eigenvalue weighted by molar-refractivity contribution is -0.139. The van der Waals surface area contributed by atoms with Crippen LogP contribution in [0.3, 0.4) is 0 Å². The molecule has 1 saturated carbocycles. The Bertz CT molecular complexity index is 1010. The van der Waals surface area contributed by atoms with E-state index in [-0.39, 0.29) is 17.7 Å². The van der Waals surface area contributed by atoms with Gasteiger partial charge in [-0.25, -0.2) is 9.37 Å². The smallest absolute Gasteiger partial charge is 0.303 e. The highest BCUT2D eigenvalue weighted by Crippen LogP contribution is 2.44. The van der Waals surface area contributed by atoms with Crippen molar-refractivity contribution < 1.29 is 14.3 Å². The van der Waals surface area contributed by atoms with Gasteiger partial charge in [-0.2, -0.15) is 0 Å². The number of imidazole rings is 1. The number of halogens is 2. The molecule has 4 nitrogen and oxygen atoms in total. The van der Waals surface area contributed by atoms with Gasteiger partial charge in [0.25, 0.3) is 0 Å². The summed E-state index contributed by atoms with van der Waals surface area (Å²) in [4.78, 5) is 16.2. The molecule has 0 unspecified atom stereocenters. The van der Waals surface area contributed by atoms with Crippen LogP contribution in [-0.2, 0) is 17.8 Å². The number of hydrogen-bond acceptors (Lipinski definition) is 2. The van der Waals surface area contributed by atoms with Gasteiger partial charge in [0.15, 0.2) is 0 Å². The second-order valence-electron chi connectivity index (χ2n) is 7.83. The van der Waals surface area contributed by atoms with Crippen LogP contribution >= 0.6 is 11.6 Å². The summed E-state index contributed by atoms with van der Waals surface area (Å²) >= 11 is 6.00. The Morgan fingerprint density at radius 1 is 1.18 bits per heavy atom. The third-order valence-corrected chi connectivity index (χ3v) is 6.02. The zero-order chi connectivity index (χ0) is 19.7. The molecule has 0 aliphatic heterocycles. The van der Waals surface area contributed by atoms with E-state index >= 15 is 0 Å². The maximum absolute atomic E-state index is 13.8. The molecule has 3 aromatic rings. The van der Waals surface area contributed by atoms with Crippen LogP contribution in [0.1, 0.15) is 43.5 Å². The summed E-state index contributed by atoms with van der Waals surface area (Å²) in [5, 5.41) is 10.1. The topological polar surface area (TPSA) is 55.1 Å². The SMILES string of the molecule is O=C(O)CC1(Cc2nc3cc(F)ccc3n2Cc2ccc(Cl)cc2)CCCC1. The molecule has 0 bridgehead atoms. The van der Waals surface area contributed by atoms with E-state index in [1.165, 1.54) is 12.1 Å². The summed E-state index contributed by atoms with van der Waals surface area (Å²) in [5.41, 5.74) is 2.25. The number of carboxylic acids is 1. The van der Waals surface area contributed by atoms with E-state index in [1.54, 1.807) is 6.07 Å². The fourth-order valence-corrected chi connectivity index (χ4v) is 4.56. The number of nitrogens with zero attached hydrogens (tertiary/aromatic N) is 2. The molecular formula is C22H22ClFN2O2. The summed E-state index contributed by atoms with van der Waals surface area (Å²) in [6, 6.07) is 12.2. The van der Waals surface area contributed by atoms with Gasteiger partial charge < -0.3 is 9.67 Å². The monoisotopic (exact) mass is 400 g/mol. The summed E-state index contributed by atoms with van der Waals surface area (Å²) in [6.45, 7) is 0.581. The predicted molar refractivity (Wildman–Crippen MR) is 107 cm³/mol. The van der Waals surface area contributed by atoms with Crippen LogP contribution in [0.2, 0.25) is 5.02 Å². The van der Waals surface area contributed by atoms with Crippen molar-refractivity contribution in [3.8, 4) is 0 Å². The zero-order valence-electron chi connectivity index (χ0n) is 15.5. The highest BCUT2D eigenvalue weighted by molar-refractivity contribution is 6.30. The molecule has 146 valence electrons. The number of benzene rings is 2. The maximum atomic E-state index is 13.8. The lowest BCUT2D eigenvalue weighted by Gasteiger charge is -2.27. The van der Waals surface area contributed by atoms with E-state index in [1.807, 2.05) is 24.3 Å². The average Bonchev–Trinajstić information content (AvgIpc) is 3.21. The Kier molecular flexibility index (Phi) is 5.11. The molecule has 0 spiro atoms. The first kappa shape index (κ1) is 18.9. The van der Waals surface area contributed by atoms with Crippen molar-refractivity contribution in [1.29, 1.82) is 0 Å². The highest BCUT2D eigenvalue weighted by Gasteiger charge is 2.37. The minimum absolute atomic E-state index is 0.144. The van der Waals surface area contributed by atoms with Crippen LogP contribution in [0.25, 0.3) is 11.0 Å². The summed E-state index contributed by atoms with van der Waals surface area (Å²) in [7, 11) is 0. The maximum Gasteiger partial charge on any atom is 0.303 e. The standard InChI is InChI=1S/C22H22ClFN2O2/c23-16-5-3-15(4-6-16)14-26-19-8-7-17(24)11-18(19)25-20(26)12-22(13-21(27)28)9-1-2-10-22/h3-8,11H,1-2,9-10,12-14H2,(H,27,28). The van der Waals surface area contributed by atoms with E-state index in [2.05, 4.69) is 4.57 Å². The van der Waals surface area contributed by atoms with Gasteiger partial charge in [0.2, 0.25) is 0 Å². The Labute approximate surface area is 168 Å². The van der Waals surface area contributed by atoms with Crippen LogP contribution in [0.4, 0.5) is 4.39 Å². The number of aromatic nitrogens is 2. The summed E-state index contributed by atoms with van der Waals surface area (Å²) in [6.07, 6.45) is 4.59. The predicted octanol–water partition coefficient (Wildman–Crippen LogP) is 5.45. The van der Waals surface area contributed by atoms with E-state index in [0.29, 0.717) is 23.5 Å². The van der Waals surface area contributed by atoms with Gasteiger partial charge in [0.1, 0.15) is 11.6 Å². The summed E-state index contributed by atoms with van der Waals surface area (Å²) in [5.74, 6) is -0.275. The largest absolute Gasteiger partial charge is 0.481 e. The molecule has 4 rings (SSSR count). The minimum atomic E-state index is -0.770. The fraction of sp³-hybridized carbons (Fsp3) is 0.364. The number of carbonyl (C=O) groups is 1. The van der Waals surface area contributed by atoms with Crippen LogP contribution in [0.5, 0.6) is 0 Å². The Morgan fingerprint density at radius 2 is 1.89 bits per heavy atom. The third kappa shape index (κ3) is 3.90. The molecule has 6 heteroatoms.